The zero-order valence-electron chi connectivity index (χ0n) is 13.7. The van der Waals surface area contributed by atoms with E-state index in [2.05, 4.69) is 38.2 Å². The van der Waals surface area contributed by atoms with Crippen molar-refractivity contribution in [1.29, 1.82) is 0 Å². The maximum atomic E-state index is 12.3. The van der Waals surface area contributed by atoms with Gasteiger partial charge in [-0.25, -0.2) is 0 Å². The minimum absolute atomic E-state index is 0.112. The van der Waals surface area contributed by atoms with E-state index < -0.39 is 0 Å². The lowest BCUT2D eigenvalue weighted by Crippen LogP contribution is -2.44. The van der Waals surface area contributed by atoms with Gasteiger partial charge >= 0.3 is 0 Å². The number of amides is 1. The molecule has 2 unspecified atom stereocenters. The Bertz CT molecular complexity index is 453. The molecule has 1 aromatic heterocycles. The molecule has 0 aliphatic rings. The van der Waals surface area contributed by atoms with E-state index >= 15 is 0 Å². The van der Waals surface area contributed by atoms with Crippen LogP contribution >= 0.6 is 0 Å². The number of aromatic nitrogens is 1. The predicted octanol–water partition coefficient (Wildman–Crippen LogP) is 3.88. The van der Waals surface area contributed by atoms with Crippen LogP contribution < -0.4 is 5.32 Å². The Morgan fingerprint density at radius 3 is 2.50 bits per heavy atom. The molecule has 0 radical (unpaired) electrons. The molecule has 0 bridgehead atoms. The van der Waals surface area contributed by atoms with Crippen LogP contribution in [0.25, 0.3) is 0 Å². The van der Waals surface area contributed by atoms with Gasteiger partial charge < -0.3 is 9.84 Å². The first-order valence-corrected chi connectivity index (χ1v) is 7.65. The number of carbonyl (C=O) groups excluding carboxylic acids is 1. The molecule has 1 rings (SSSR count). The molecule has 0 aliphatic heterocycles. The molecule has 1 amide bonds. The zero-order valence-corrected chi connectivity index (χ0v) is 13.7. The summed E-state index contributed by atoms with van der Waals surface area (Å²) in [4.78, 5) is 12.3. The number of nitrogens with zero attached hydrogens (tertiary/aromatic N) is 1. The van der Waals surface area contributed by atoms with E-state index in [1.54, 1.807) is 0 Å². The highest BCUT2D eigenvalue weighted by molar-refractivity contribution is 5.93. The fourth-order valence-corrected chi connectivity index (χ4v) is 2.62. The lowest BCUT2D eigenvalue weighted by molar-refractivity contribution is 0.0875. The summed E-state index contributed by atoms with van der Waals surface area (Å²) in [6, 6.07) is 0.112. The Morgan fingerprint density at radius 1 is 1.40 bits per heavy atom. The lowest BCUT2D eigenvalue weighted by atomic mass is 9.77. The summed E-state index contributed by atoms with van der Waals surface area (Å²) in [6.07, 6.45) is 4.01. The number of hydrogen-bond acceptors (Lipinski definition) is 3. The van der Waals surface area contributed by atoms with Crippen molar-refractivity contribution in [3.05, 3.63) is 17.0 Å². The zero-order chi connectivity index (χ0) is 15.3. The van der Waals surface area contributed by atoms with Crippen LogP contribution in [0, 0.1) is 12.3 Å². The first kappa shape index (κ1) is 16.7. The van der Waals surface area contributed by atoms with E-state index in [0.29, 0.717) is 5.69 Å². The van der Waals surface area contributed by atoms with Crippen molar-refractivity contribution in [2.45, 2.75) is 73.3 Å². The quantitative estimate of drug-likeness (QED) is 0.824. The molecule has 1 N–H and O–H groups in total. The van der Waals surface area contributed by atoms with Gasteiger partial charge in [0.05, 0.1) is 0 Å². The third-order valence-electron chi connectivity index (χ3n) is 4.58. The highest BCUT2D eigenvalue weighted by atomic mass is 16.5. The van der Waals surface area contributed by atoms with E-state index in [0.717, 1.165) is 37.0 Å². The van der Waals surface area contributed by atoms with Crippen LogP contribution in [-0.2, 0) is 6.42 Å². The monoisotopic (exact) mass is 280 g/mol. The summed E-state index contributed by atoms with van der Waals surface area (Å²) < 4.78 is 5.20. The van der Waals surface area contributed by atoms with E-state index in [1.165, 1.54) is 0 Å². The van der Waals surface area contributed by atoms with Crippen molar-refractivity contribution in [2.24, 2.45) is 5.41 Å². The molecule has 1 heterocycles. The second-order valence-corrected chi connectivity index (χ2v) is 5.89. The SMILES string of the molecule is CCCC(C)(CC)C(C)NC(=O)c1noc(CC)c1C. The maximum Gasteiger partial charge on any atom is 0.273 e. The molecule has 0 aromatic carbocycles. The summed E-state index contributed by atoms with van der Waals surface area (Å²) in [7, 11) is 0. The third-order valence-corrected chi connectivity index (χ3v) is 4.58. The van der Waals surface area contributed by atoms with Crippen molar-refractivity contribution < 1.29 is 9.32 Å². The number of hydrogen-bond donors (Lipinski definition) is 1. The van der Waals surface area contributed by atoms with Crippen LogP contribution in [-0.4, -0.2) is 17.1 Å². The number of rotatable bonds is 7. The van der Waals surface area contributed by atoms with E-state index in [1.807, 2.05) is 13.8 Å². The van der Waals surface area contributed by atoms with Gasteiger partial charge in [0, 0.05) is 18.0 Å². The molecule has 0 aliphatic carbocycles. The van der Waals surface area contributed by atoms with Crippen molar-refractivity contribution in [3.63, 3.8) is 0 Å². The maximum absolute atomic E-state index is 12.3. The first-order chi connectivity index (χ1) is 9.39. The molecule has 0 saturated heterocycles. The Morgan fingerprint density at radius 2 is 2.05 bits per heavy atom. The summed E-state index contributed by atoms with van der Waals surface area (Å²) >= 11 is 0. The number of carbonyl (C=O) groups is 1. The Hall–Kier alpha value is -1.32. The molecule has 2 atom stereocenters. The largest absolute Gasteiger partial charge is 0.360 e. The standard InChI is InChI=1S/C16H28N2O2/c1-7-10-16(6,9-3)12(5)17-15(19)14-11(4)13(8-2)20-18-14/h12H,7-10H2,1-6H3,(H,17,19). The molecule has 0 fully saturated rings. The van der Waals surface area contributed by atoms with Crippen LogP contribution in [0.3, 0.4) is 0 Å². The third kappa shape index (κ3) is 3.41. The van der Waals surface area contributed by atoms with E-state index in [-0.39, 0.29) is 17.4 Å². The first-order valence-electron chi connectivity index (χ1n) is 7.65. The predicted molar refractivity (Wildman–Crippen MR) is 80.9 cm³/mol. The highest BCUT2D eigenvalue weighted by Crippen LogP contribution is 2.31. The summed E-state index contributed by atoms with van der Waals surface area (Å²) in [5, 5.41) is 7.00. The second-order valence-electron chi connectivity index (χ2n) is 5.89. The number of nitrogens with one attached hydrogen (secondary N) is 1. The molecule has 20 heavy (non-hydrogen) atoms. The van der Waals surface area contributed by atoms with Gasteiger partial charge in [-0.2, -0.15) is 0 Å². The second kappa shape index (κ2) is 6.91. The van der Waals surface area contributed by atoms with Gasteiger partial charge in [0.25, 0.3) is 5.91 Å². The summed E-state index contributed by atoms with van der Waals surface area (Å²) in [5.41, 5.74) is 1.39. The van der Waals surface area contributed by atoms with Gasteiger partial charge in [-0.3, -0.25) is 4.79 Å². The van der Waals surface area contributed by atoms with Gasteiger partial charge in [0.15, 0.2) is 5.69 Å². The van der Waals surface area contributed by atoms with Crippen LogP contribution in [0.4, 0.5) is 0 Å². The molecular formula is C16H28N2O2. The number of aryl methyl sites for hydroxylation is 1. The van der Waals surface area contributed by atoms with Gasteiger partial charge in [0.2, 0.25) is 0 Å². The van der Waals surface area contributed by atoms with Crippen molar-refractivity contribution in [1.82, 2.24) is 10.5 Å². The van der Waals surface area contributed by atoms with Crippen molar-refractivity contribution in [3.8, 4) is 0 Å². The van der Waals surface area contributed by atoms with Gasteiger partial charge in [0.1, 0.15) is 5.76 Å². The molecular weight excluding hydrogens is 252 g/mol. The highest BCUT2D eigenvalue weighted by Gasteiger charge is 2.30. The minimum atomic E-state index is -0.130. The van der Waals surface area contributed by atoms with Crippen molar-refractivity contribution >= 4 is 5.91 Å². The molecule has 0 spiro atoms. The normalized spacial score (nSPS) is 15.7. The fourth-order valence-electron chi connectivity index (χ4n) is 2.62. The van der Waals surface area contributed by atoms with Gasteiger partial charge in [-0.05, 0) is 32.1 Å². The fraction of sp³-hybridized carbons (Fsp3) is 0.750. The summed E-state index contributed by atoms with van der Waals surface area (Å²) in [6.45, 7) is 12.5. The van der Waals surface area contributed by atoms with Crippen molar-refractivity contribution in [2.75, 3.05) is 0 Å². The molecule has 0 saturated carbocycles. The Labute approximate surface area is 122 Å². The van der Waals surface area contributed by atoms with Gasteiger partial charge in [-0.15, -0.1) is 0 Å². The van der Waals surface area contributed by atoms with Crippen LogP contribution in [0.5, 0.6) is 0 Å². The topological polar surface area (TPSA) is 55.1 Å². The Balaban J connectivity index is 2.81. The lowest BCUT2D eigenvalue weighted by Gasteiger charge is -2.35. The van der Waals surface area contributed by atoms with E-state index in [9.17, 15) is 4.79 Å². The van der Waals surface area contributed by atoms with Crippen LogP contribution in [0.15, 0.2) is 4.52 Å². The van der Waals surface area contributed by atoms with Gasteiger partial charge in [-0.1, -0.05) is 39.3 Å². The average Bonchev–Trinajstić information content (AvgIpc) is 2.79. The molecule has 1 aromatic rings. The smallest absolute Gasteiger partial charge is 0.273 e. The molecule has 4 heteroatoms. The Kier molecular flexibility index (Phi) is 5.78. The summed E-state index contributed by atoms with van der Waals surface area (Å²) in [5.74, 6) is 0.656. The minimum Gasteiger partial charge on any atom is -0.360 e. The molecule has 114 valence electrons. The molecule has 4 nitrogen and oxygen atoms in total. The van der Waals surface area contributed by atoms with Crippen LogP contribution in [0.2, 0.25) is 0 Å². The van der Waals surface area contributed by atoms with E-state index in [4.69, 9.17) is 4.52 Å². The van der Waals surface area contributed by atoms with Crippen LogP contribution in [0.1, 0.15) is 75.7 Å². The average molecular weight is 280 g/mol.